The first-order valence-electron chi connectivity index (χ1n) is 8.12. The zero-order chi connectivity index (χ0) is 17.9. The SMILES string of the molecule is O=C(Nc1nnc([C@@H]2CC(=O)N(c3ccccc3)C2)o1)c1ccccn1. The van der Waals surface area contributed by atoms with E-state index in [1.165, 1.54) is 6.20 Å². The fraction of sp³-hybridized carbons (Fsp3) is 0.167. The molecule has 0 bridgehead atoms. The van der Waals surface area contributed by atoms with E-state index in [1.807, 2.05) is 30.3 Å². The van der Waals surface area contributed by atoms with Crippen molar-refractivity contribution in [2.24, 2.45) is 0 Å². The summed E-state index contributed by atoms with van der Waals surface area (Å²) in [5.41, 5.74) is 1.08. The summed E-state index contributed by atoms with van der Waals surface area (Å²) in [5, 5.41) is 10.3. The maximum Gasteiger partial charge on any atom is 0.322 e. The van der Waals surface area contributed by atoms with Crippen molar-refractivity contribution in [3.05, 3.63) is 66.3 Å². The largest absolute Gasteiger partial charge is 0.407 e. The normalized spacial score (nSPS) is 16.7. The van der Waals surface area contributed by atoms with E-state index in [9.17, 15) is 9.59 Å². The molecule has 0 spiro atoms. The lowest BCUT2D eigenvalue weighted by Gasteiger charge is -2.15. The molecule has 0 radical (unpaired) electrons. The number of hydrogen-bond acceptors (Lipinski definition) is 6. The van der Waals surface area contributed by atoms with Crippen LogP contribution in [0.15, 0.2) is 59.1 Å². The van der Waals surface area contributed by atoms with Gasteiger partial charge in [0.05, 0.1) is 5.92 Å². The van der Waals surface area contributed by atoms with Gasteiger partial charge in [-0.05, 0) is 24.3 Å². The van der Waals surface area contributed by atoms with E-state index in [2.05, 4.69) is 20.5 Å². The van der Waals surface area contributed by atoms with E-state index < -0.39 is 5.91 Å². The summed E-state index contributed by atoms with van der Waals surface area (Å²) in [7, 11) is 0. The fourth-order valence-corrected chi connectivity index (χ4v) is 2.84. The van der Waals surface area contributed by atoms with Gasteiger partial charge in [-0.1, -0.05) is 29.4 Å². The molecule has 0 unspecified atom stereocenters. The Morgan fingerprint density at radius 1 is 1.12 bits per heavy atom. The molecule has 0 aliphatic carbocycles. The maximum absolute atomic E-state index is 12.3. The van der Waals surface area contributed by atoms with Crippen LogP contribution >= 0.6 is 0 Å². The summed E-state index contributed by atoms with van der Waals surface area (Å²) in [6.45, 7) is 0.457. The highest BCUT2D eigenvalue weighted by atomic mass is 16.4. The Bertz CT molecular complexity index is 926. The highest BCUT2D eigenvalue weighted by Crippen LogP contribution is 2.31. The number of nitrogens with zero attached hydrogens (tertiary/aromatic N) is 4. The van der Waals surface area contributed by atoms with E-state index >= 15 is 0 Å². The first kappa shape index (κ1) is 15.9. The number of benzene rings is 1. The first-order valence-corrected chi connectivity index (χ1v) is 8.12. The topological polar surface area (TPSA) is 101 Å². The predicted octanol–water partition coefficient (Wildman–Crippen LogP) is 2.24. The van der Waals surface area contributed by atoms with Gasteiger partial charge in [-0.25, -0.2) is 0 Å². The summed E-state index contributed by atoms with van der Waals surface area (Å²) < 4.78 is 5.53. The van der Waals surface area contributed by atoms with Crippen molar-refractivity contribution >= 4 is 23.5 Å². The Morgan fingerprint density at radius 3 is 2.69 bits per heavy atom. The lowest BCUT2D eigenvalue weighted by atomic mass is 10.1. The fourth-order valence-electron chi connectivity index (χ4n) is 2.84. The number of rotatable bonds is 4. The molecule has 2 amide bonds. The van der Waals surface area contributed by atoms with Gasteiger partial charge in [-0.15, -0.1) is 5.10 Å². The molecule has 1 saturated heterocycles. The van der Waals surface area contributed by atoms with Gasteiger partial charge < -0.3 is 9.32 Å². The molecule has 3 heterocycles. The van der Waals surface area contributed by atoms with Crippen LogP contribution < -0.4 is 10.2 Å². The third kappa shape index (κ3) is 3.16. The number of carbonyl (C=O) groups excluding carboxylic acids is 2. The number of aromatic nitrogens is 3. The zero-order valence-corrected chi connectivity index (χ0v) is 13.7. The van der Waals surface area contributed by atoms with Crippen LogP contribution in [-0.2, 0) is 4.79 Å². The van der Waals surface area contributed by atoms with E-state index in [4.69, 9.17) is 4.42 Å². The molecule has 1 aromatic carbocycles. The first-order chi connectivity index (χ1) is 12.7. The number of amides is 2. The Hall–Kier alpha value is -3.55. The summed E-state index contributed by atoms with van der Waals surface area (Å²) in [5.74, 6) is -0.323. The number of anilines is 2. The second-order valence-corrected chi connectivity index (χ2v) is 5.86. The van der Waals surface area contributed by atoms with E-state index in [1.54, 1.807) is 23.1 Å². The van der Waals surface area contributed by atoms with Gasteiger partial charge in [0.1, 0.15) is 5.69 Å². The second-order valence-electron chi connectivity index (χ2n) is 5.86. The van der Waals surface area contributed by atoms with Gasteiger partial charge in [0.2, 0.25) is 11.8 Å². The van der Waals surface area contributed by atoms with Gasteiger partial charge in [0.25, 0.3) is 5.91 Å². The molecule has 2 aromatic heterocycles. The minimum absolute atomic E-state index is 0.00142. The van der Waals surface area contributed by atoms with Crippen LogP contribution in [0.1, 0.15) is 28.7 Å². The Labute approximate surface area is 148 Å². The van der Waals surface area contributed by atoms with Crippen LogP contribution in [0.2, 0.25) is 0 Å². The minimum atomic E-state index is -0.436. The van der Waals surface area contributed by atoms with E-state index in [0.717, 1.165) is 5.69 Å². The molecule has 1 atom stereocenters. The van der Waals surface area contributed by atoms with Crippen molar-refractivity contribution in [3.8, 4) is 0 Å². The van der Waals surface area contributed by atoms with Crippen LogP contribution in [0.5, 0.6) is 0 Å². The molecule has 3 aromatic rings. The molecule has 1 N–H and O–H groups in total. The number of pyridine rings is 1. The van der Waals surface area contributed by atoms with Gasteiger partial charge >= 0.3 is 6.01 Å². The van der Waals surface area contributed by atoms with Crippen molar-refractivity contribution in [1.82, 2.24) is 15.2 Å². The average Bonchev–Trinajstić information content (AvgIpc) is 3.30. The van der Waals surface area contributed by atoms with Gasteiger partial charge in [0.15, 0.2) is 0 Å². The van der Waals surface area contributed by atoms with Crippen molar-refractivity contribution < 1.29 is 14.0 Å². The highest BCUT2D eigenvalue weighted by molar-refractivity contribution is 6.01. The number of hydrogen-bond donors (Lipinski definition) is 1. The molecule has 1 aliphatic heterocycles. The van der Waals surface area contributed by atoms with Gasteiger partial charge in [-0.3, -0.25) is 19.9 Å². The maximum atomic E-state index is 12.3. The van der Waals surface area contributed by atoms with Gasteiger partial charge in [0, 0.05) is 24.8 Å². The third-order valence-electron chi connectivity index (χ3n) is 4.10. The third-order valence-corrected chi connectivity index (χ3v) is 4.10. The Balaban J connectivity index is 1.45. The molecule has 8 heteroatoms. The van der Waals surface area contributed by atoms with Crippen LogP contribution in [0.3, 0.4) is 0 Å². The van der Waals surface area contributed by atoms with Crippen molar-refractivity contribution in [2.75, 3.05) is 16.8 Å². The quantitative estimate of drug-likeness (QED) is 0.775. The molecule has 130 valence electrons. The zero-order valence-electron chi connectivity index (χ0n) is 13.7. The molecule has 0 saturated carbocycles. The van der Waals surface area contributed by atoms with Crippen LogP contribution in [0.4, 0.5) is 11.7 Å². The van der Waals surface area contributed by atoms with E-state index in [-0.39, 0.29) is 30.0 Å². The van der Waals surface area contributed by atoms with Gasteiger partial charge in [-0.2, -0.15) is 0 Å². The summed E-state index contributed by atoms with van der Waals surface area (Å²) >= 11 is 0. The molecule has 26 heavy (non-hydrogen) atoms. The molecule has 1 fully saturated rings. The number of nitrogens with one attached hydrogen (secondary N) is 1. The van der Waals surface area contributed by atoms with Crippen molar-refractivity contribution in [2.45, 2.75) is 12.3 Å². The van der Waals surface area contributed by atoms with Crippen LogP contribution in [0, 0.1) is 0 Å². The molecular weight excluding hydrogens is 334 g/mol. The minimum Gasteiger partial charge on any atom is -0.407 e. The monoisotopic (exact) mass is 349 g/mol. The number of para-hydroxylation sites is 1. The lowest BCUT2D eigenvalue weighted by molar-refractivity contribution is -0.117. The predicted molar refractivity (Wildman–Crippen MR) is 92.6 cm³/mol. The molecule has 8 nitrogen and oxygen atoms in total. The standard InChI is InChI=1S/C18H15N5O3/c24-15-10-12(11-23(15)13-6-2-1-3-7-13)17-21-22-18(26-17)20-16(25)14-8-4-5-9-19-14/h1-9,12H,10-11H2,(H,20,22,25)/t12-/m1/s1. The average molecular weight is 349 g/mol. The Morgan fingerprint density at radius 2 is 1.92 bits per heavy atom. The van der Waals surface area contributed by atoms with Crippen molar-refractivity contribution in [3.63, 3.8) is 0 Å². The molecule has 4 rings (SSSR count). The van der Waals surface area contributed by atoms with Crippen LogP contribution in [-0.4, -0.2) is 33.5 Å². The second kappa shape index (κ2) is 6.75. The summed E-state index contributed by atoms with van der Waals surface area (Å²) in [6, 6.07) is 14.4. The van der Waals surface area contributed by atoms with E-state index in [0.29, 0.717) is 12.4 Å². The molecule has 1 aliphatic rings. The Kier molecular flexibility index (Phi) is 4.14. The van der Waals surface area contributed by atoms with Crippen LogP contribution in [0.25, 0.3) is 0 Å². The number of carbonyl (C=O) groups is 2. The van der Waals surface area contributed by atoms with Crippen molar-refractivity contribution in [1.29, 1.82) is 0 Å². The summed E-state index contributed by atoms with van der Waals surface area (Å²) in [4.78, 5) is 30.0. The summed E-state index contributed by atoms with van der Waals surface area (Å²) in [6.07, 6.45) is 1.81. The lowest BCUT2D eigenvalue weighted by Crippen LogP contribution is -2.24. The highest BCUT2D eigenvalue weighted by Gasteiger charge is 2.35. The smallest absolute Gasteiger partial charge is 0.322 e. The molecular formula is C18H15N5O3.